The van der Waals surface area contributed by atoms with Crippen molar-refractivity contribution in [1.82, 2.24) is 0 Å². The molecule has 1 aromatic rings. The Bertz CT molecular complexity index is 354. The molecule has 0 fully saturated rings. The van der Waals surface area contributed by atoms with Gasteiger partial charge in [0.2, 0.25) is 0 Å². The fraction of sp³-hybridized carbons (Fsp3) is 0.125. The maximum Gasteiger partial charge on any atom is 0.182 e. The average Bonchev–Trinajstić information content (AvgIpc) is 2.12. The van der Waals surface area contributed by atoms with E-state index in [2.05, 4.69) is 0 Å². The van der Waals surface area contributed by atoms with Gasteiger partial charge in [0, 0.05) is 3.57 Å². The topological polar surface area (TPSA) is 17.1 Å². The zero-order valence-electron chi connectivity index (χ0n) is 6.28. The van der Waals surface area contributed by atoms with Crippen LogP contribution in [0.4, 0.5) is 4.39 Å². The molecular weight excluding hydrogens is 329 g/mol. The predicted molar refractivity (Wildman–Crippen MR) is 59.2 cm³/mol. The minimum atomic E-state index is -0.629. The van der Waals surface area contributed by atoms with Crippen molar-refractivity contribution in [2.24, 2.45) is 0 Å². The summed E-state index contributed by atoms with van der Waals surface area (Å²) in [6.07, 6.45) is 0. The minimum absolute atomic E-state index is 0.122. The fourth-order valence-corrected chi connectivity index (χ4v) is 1.69. The first kappa shape index (κ1) is 11.2. The predicted octanol–water partition coefficient (Wildman–Crippen LogP) is 3.51. The van der Waals surface area contributed by atoms with Crippen molar-refractivity contribution in [3.63, 3.8) is 0 Å². The Morgan fingerprint density at radius 3 is 2.69 bits per heavy atom. The standard InChI is InChI=1S/C8H4Cl2FIO/c9-3-6(13)7-4(11)1-2-5(12)8(7)10/h1-2H,3H2. The van der Waals surface area contributed by atoms with E-state index in [1.165, 1.54) is 12.1 Å². The Morgan fingerprint density at radius 2 is 2.15 bits per heavy atom. The van der Waals surface area contributed by atoms with Crippen LogP contribution in [0.15, 0.2) is 12.1 Å². The monoisotopic (exact) mass is 332 g/mol. The van der Waals surface area contributed by atoms with E-state index in [1.807, 2.05) is 22.6 Å². The van der Waals surface area contributed by atoms with Crippen LogP contribution in [0.25, 0.3) is 0 Å². The van der Waals surface area contributed by atoms with Crippen molar-refractivity contribution in [3.05, 3.63) is 32.1 Å². The lowest BCUT2D eigenvalue weighted by molar-refractivity contribution is 0.101. The number of rotatable bonds is 2. The zero-order valence-corrected chi connectivity index (χ0v) is 9.95. The van der Waals surface area contributed by atoms with E-state index in [0.29, 0.717) is 3.57 Å². The second-order valence-corrected chi connectivity index (χ2v) is 4.08. The van der Waals surface area contributed by atoms with Crippen molar-refractivity contribution in [3.8, 4) is 0 Å². The highest BCUT2D eigenvalue weighted by Crippen LogP contribution is 2.25. The number of carbonyl (C=O) groups excluding carboxylic acids is 1. The SMILES string of the molecule is O=C(CCl)c1c(F)ccc(I)c1Cl. The number of ketones is 1. The van der Waals surface area contributed by atoms with E-state index >= 15 is 0 Å². The lowest BCUT2D eigenvalue weighted by atomic mass is 10.1. The normalized spacial score (nSPS) is 10.2. The lowest BCUT2D eigenvalue weighted by Crippen LogP contribution is -2.05. The second-order valence-electron chi connectivity index (χ2n) is 2.27. The summed E-state index contributed by atoms with van der Waals surface area (Å²) in [6, 6.07) is 2.71. The Morgan fingerprint density at radius 1 is 1.54 bits per heavy atom. The van der Waals surface area contributed by atoms with Crippen LogP contribution in [0.1, 0.15) is 10.4 Å². The summed E-state index contributed by atoms with van der Waals surface area (Å²) in [5.74, 6) is -1.39. The van der Waals surface area contributed by atoms with Gasteiger partial charge in [0.25, 0.3) is 0 Å². The van der Waals surface area contributed by atoms with Gasteiger partial charge in [-0.2, -0.15) is 0 Å². The van der Waals surface area contributed by atoms with Crippen LogP contribution >= 0.6 is 45.8 Å². The molecule has 1 aromatic carbocycles. The Labute approximate surface area is 98.4 Å². The van der Waals surface area contributed by atoms with E-state index in [-0.39, 0.29) is 16.5 Å². The molecule has 0 aliphatic heterocycles. The molecule has 0 unspecified atom stereocenters. The summed E-state index contributed by atoms with van der Waals surface area (Å²) in [5.41, 5.74) is -0.122. The van der Waals surface area contributed by atoms with Gasteiger partial charge in [0.05, 0.1) is 16.5 Å². The molecule has 0 heterocycles. The highest BCUT2D eigenvalue weighted by molar-refractivity contribution is 14.1. The number of Topliss-reactive ketones (excluding diaryl/α,β-unsaturated/α-hetero) is 1. The molecule has 0 atom stereocenters. The largest absolute Gasteiger partial charge is 0.293 e. The highest BCUT2D eigenvalue weighted by Gasteiger charge is 2.16. The summed E-state index contributed by atoms with van der Waals surface area (Å²) in [6.45, 7) is 0. The molecule has 0 aliphatic rings. The van der Waals surface area contributed by atoms with E-state index in [1.54, 1.807) is 0 Å². The van der Waals surface area contributed by atoms with Gasteiger partial charge in [-0.3, -0.25) is 4.79 Å². The van der Waals surface area contributed by atoms with Crippen LogP contribution < -0.4 is 0 Å². The molecule has 0 bridgehead atoms. The Kier molecular flexibility index (Phi) is 3.94. The fourth-order valence-electron chi connectivity index (χ4n) is 0.849. The molecule has 0 amide bonds. The van der Waals surface area contributed by atoms with E-state index in [0.717, 1.165) is 0 Å². The van der Waals surface area contributed by atoms with Crippen LogP contribution in [0.5, 0.6) is 0 Å². The first-order chi connectivity index (χ1) is 6.07. The van der Waals surface area contributed by atoms with Gasteiger partial charge in [-0.25, -0.2) is 4.39 Å². The van der Waals surface area contributed by atoms with Crippen LogP contribution in [0.2, 0.25) is 5.02 Å². The Hall–Kier alpha value is 0.130. The van der Waals surface area contributed by atoms with Gasteiger partial charge in [-0.15, -0.1) is 11.6 Å². The van der Waals surface area contributed by atoms with Gasteiger partial charge in [0.1, 0.15) is 5.82 Å². The van der Waals surface area contributed by atoms with E-state index in [4.69, 9.17) is 23.2 Å². The van der Waals surface area contributed by atoms with Gasteiger partial charge < -0.3 is 0 Å². The number of hydrogen-bond donors (Lipinski definition) is 0. The van der Waals surface area contributed by atoms with Gasteiger partial charge >= 0.3 is 0 Å². The third-order valence-corrected chi connectivity index (χ3v) is 3.30. The Balaban J connectivity index is 3.33. The highest BCUT2D eigenvalue weighted by atomic mass is 127. The zero-order chi connectivity index (χ0) is 10.0. The van der Waals surface area contributed by atoms with Crippen LogP contribution in [-0.2, 0) is 0 Å². The summed E-state index contributed by atoms with van der Waals surface area (Å²) in [5, 5.41) is 0.131. The van der Waals surface area contributed by atoms with Crippen molar-refractivity contribution >= 4 is 51.6 Å². The van der Waals surface area contributed by atoms with Gasteiger partial charge in [-0.05, 0) is 34.7 Å². The van der Waals surface area contributed by atoms with Crippen molar-refractivity contribution in [2.75, 3.05) is 5.88 Å². The number of alkyl halides is 1. The third kappa shape index (κ3) is 2.33. The number of hydrogen-bond acceptors (Lipinski definition) is 1. The maximum absolute atomic E-state index is 13.1. The molecule has 70 valence electrons. The molecule has 0 N–H and O–H groups in total. The second kappa shape index (κ2) is 4.57. The summed E-state index contributed by atoms with van der Waals surface area (Å²) < 4.78 is 13.7. The molecule has 13 heavy (non-hydrogen) atoms. The lowest BCUT2D eigenvalue weighted by Gasteiger charge is -2.03. The molecule has 0 spiro atoms. The molecule has 0 aromatic heterocycles. The molecule has 0 saturated carbocycles. The quantitative estimate of drug-likeness (QED) is 0.350. The van der Waals surface area contributed by atoms with Gasteiger partial charge in [-0.1, -0.05) is 11.6 Å². The molecule has 0 aliphatic carbocycles. The van der Waals surface area contributed by atoms with Crippen LogP contribution in [0.3, 0.4) is 0 Å². The van der Waals surface area contributed by atoms with Crippen molar-refractivity contribution in [2.45, 2.75) is 0 Å². The molecule has 0 radical (unpaired) electrons. The van der Waals surface area contributed by atoms with Gasteiger partial charge in [0.15, 0.2) is 5.78 Å². The smallest absolute Gasteiger partial charge is 0.182 e. The first-order valence-electron chi connectivity index (χ1n) is 3.30. The summed E-state index contributed by atoms with van der Waals surface area (Å²) in [7, 11) is 0. The average molecular weight is 333 g/mol. The number of carbonyl (C=O) groups is 1. The summed E-state index contributed by atoms with van der Waals surface area (Å²) >= 11 is 13.0. The van der Waals surface area contributed by atoms with Crippen LogP contribution in [0, 0.1) is 9.39 Å². The number of halogens is 4. The molecule has 1 nitrogen and oxygen atoms in total. The minimum Gasteiger partial charge on any atom is -0.293 e. The van der Waals surface area contributed by atoms with Crippen molar-refractivity contribution < 1.29 is 9.18 Å². The van der Waals surface area contributed by atoms with E-state index in [9.17, 15) is 9.18 Å². The molecule has 5 heteroatoms. The molecular formula is C8H4Cl2FIO. The molecule has 0 saturated heterocycles. The molecule has 1 rings (SSSR count). The maximum atomic E-state index is 13.1. The van der Waals surface area contributed by atoms with Crippen LogP contribution in [-0.4, -0.2) is 11.7 Å². The summed E-state index contributed by atoms with van der Waals surface area (Å²) in [4.78, 5) is 11.1. The van der Waals surface area contributed by atoms with E-state index < -0.39 is 11.6 Å². The first-order valence-corrected chi connectivity index (χ1v) is 5.29. The number of benzene rings is 1. The van der Waals surface area contributed by atoms with Crippen molar-refractivity contribution in [1.29, 1.82) is 0 Å². The third-order valence-electron chi connectivity index (χ3n) is 1.44.